The summed E-state index contributed by atoms with van der Waals surface area (Å²) < 4.78 is 32.8. The summed E-state index contributed by atoms with van der Waals surface area (Å²) in [5.41, 5.74) is 1.75. The Balaban J connectivity index is 1.79. The van der Waals surface area contributed by atoms with Gasteiger partial charge in [-0.1, -0.05) is 24.3 Å². The van der Waals surface area contributed by atoms with Gasteiger partial charge in [0.1, 0.15) is 0 Å². The van der Waals surface area contributed by atoms with Crippen LogP contribution in [0.5, 0.6) is 0 Å². The van der Waals surface area contributed by atoms with Crippen LogP contribution in [0.15, 0.2) is 24.3 Å². The number of alkyl halides is 1. The molecule has 6 heteroatoms. The number of fused-ring (bicyclic) bond motifs is 1. The van der Waals surface area contributed by atoms with E-state index in [0.29, 0.717) is 19.0 Å². The lowest BCUT2D eigenvalue weighted by molar-refractivity contribution is -0.0242. The molecule has 1 saturated carbocycles. The Labute approximate surface area is 131 Å². The normalized spacial score (nSPS) is 26.7. The number of halogens is 1. The molecule has 4 nitrogen and oxygen atoms in total. The third-order valence-electron chi connectivity index (χ3n) is 4.28. The highest BCUT2D eigenvalue weighted by molar-refractivity contribution is 7.88. The molecule has 3 rings (SSSR count). The van der Waals surface area contributed by atoms with Crippen LogP contribution in [0, 0.1) is 0 Å². The van der Waals surface area contributed by atoms with Gasteiger partial charge in [0, 0.05) is 12.4 Å². The zero-order valence-corrected chi connectivity index (χ0v) is 13.4. The lowest BCUT2D eigenvalue weighted by atomic mass is 10.2. The van der Waals surface area contributed by atoms with E-state index in [1.807, 2.05) is 24.3 Å². The summed E-state index contributed by atoms with van der Waals surface area (Å²) in [5.74, 6) is 0.442. The van der Waals surface area contributed by atoms with Gasteiger partial charge in [0.15, 0.2) is 0 Å². The molecule has 1 saturated heterocycles. The van der Waals surface area contributed by atoms with Crippen LogP contribution in [0.25, 0.3) is 0 Å². The molecule has 0 aromatic heterocycles. The maximum Gasteiger partial charge on any atom is 0.218 e. The molecule has 21 heavy (non-hydrogen) atoms. The molecule has 0 amide bonds. The Kier molecular flexibility index (Phi) is 4.54. The van der Waals surface area contributed by atoms with Crippen LogP contribution in [-0.4, -0.2) is 38.0 Å². The second kappa shape index (κ2) is 6.24. The molecule has 1 aliphatic carbocycles. The number of ether oxygens (including phenoxy) is 1. The first-order chi connectivity index (χ1) is 10.1. The second-order valence-electron chi connectivity index (χ2n) is 5.73. The van der Waals surface area contributed by atoms with Crippen molar-refractivity contribution in [2.45, 2.75) is 43.0 Å². The van der Waals surface area contributed by atoms with Gasteiger partial charge in [-0.2, -0.15) is 4.31 Å². The van der Waals surface area contributed by atoms with Gasteiger partial charge in [-0.05, 0) is 30.4 Å². The van der Waals surface area contributed by atoms with Crippen molar-refractivity contribution in [2.24, 2.45) is 0 Å². The molecule has 2 aliphatic rings. The monoisotopic (exact) mass is 329 g/mol. The third kappa shape index (κ3) is 3.26. The fourth-order valence-electron chi connectivity index (χ4n) is 3.33. The van der Waals surface area contributed by atoms with Crippen molar-refractivity contribution in [1.82, 2.24) is 4.31 Å². The summed E-state index contributed by atoms with van der Waals surface area (Å²) in [4.78, 5) is 0. The van der Waals surface area contributed by atoms with Gasteiger partial charge in [0.05, 0.1) is 24.5 Å². The summed E-state index contributed by atoms with van der Waals surface area (Å²) in [5, 5.41) is 0. The van der Waals surface area contributed by atoms with Crippen LogP contribution >= 0.6 is 11.6 Å². The van der Waals surface area contributed by atoms with E-state index in [1.54, 1.807) is 4.31 Å². The summed E-state index contributed by atoms with van der Waals surface area (Å²) in [6.45, 7) is 0.973. The summed E-state index contributed by atoms with van der Waals surface area (Å²) in [6.07, 6.45) is 3.01. The van der Waals surface area contributed by atoms with Crippen molar-refractivity contribution in [3.8, 4) is 0 Å². The molecule has 1 heterocycles. The van der Waals surface area contributed by atoms with E-state index in [9.17, 15) is 8.42 Å². The highest BCUT2D eigenvalue weighted by Gasteiger charge is 2.41. The number of nitrogens with zero attached hydrogens (tertiary/aromatic N) is 1. The number of sulfonamides is 1. The van der Waals surface area contributed by atoms with Crippen LogP contribution in [0.1, 0.15) is 30.4 Å². The first-order valence-corrected chi connectivity index (χ1v) is 9.49. The predicted molar refractivity (Wildman–Crippen MR) is 82.7 cm³/mol. The van der Waals surface area contributed by atoms with Gasteiger partial charge >= 0.3 is 0 Å². The van der Waals surface area contributed by atoms with Crippen molar-refractivity contribution in [1.29, 1.82) is 0 Å². The third-order valence-corrected chi connectivity index (χ3v) is 6.46. The lowest BCUT2D eigenvalue weighted by Gasteiger charge is -2.36. The minimum atomic E-state index is -3.31. The van der Waals surface area contributed by atoms with E-state index in [4.69, 9.17) is 16.3 Å². The van der Waals surface area contributed by atoms with Gasteiger partial charge in [-0.25, -0.2) is 8.42 Å². The number of benzene rings is 1. The molecule has 0 bridgehead atoms. The van der Waals surface area contributed by atoms with Crippen molar-refractivity contribution in [3.63, 3.8) is 0 Å². The molecule has 1 aromatic carbocycles. The van der Waals surface area contributed by atoms with Crippen LogP contribution in [-0.2, 0) is 26.4 Å². The molecule has 2 fully saturated rings. The van der Waals surface area contributed by atoms with E-state index >= 15 is 0 Å². The zero-order chi connectivity index (χ0) is 14.9. The van der Waals surface area contributed by atoms with E-state index in [1.165, 1.54) is 0 Å². The summed E-state index contributed by atoms with van der Waals surface area (Å²) in [6, 6.07) is 7.52. The average molecular weight is 330 g/mol. The first kappa shape index (κ1) is 15.3. The predicted octanol–water partition coefficient (Wildman–Crippen LogP) is 2.51. The maximum absolute atomic E-state index is 12.7. The number of hydrogen-bond donors (Lipinski definition) is 0. The van der Waals surface area contributed by atoms with E-state index in [-0.39, 0.29) is 17.9 Å². The second-order valence-corrected chi connectivity index (χ2v) is 7.92. The number of morpholine rings is 1. The Morgan fingerprint density at radius 1 is 1.29 bits per heavy atom. The molecule has 116 valence electrons. The minimum Gasteiger partial charge on any atom is -0.375 e. The number of hydrogen-bond acceptors (Lipinski definition) is 3. The zero-order valence-electron chi connectivity index (χ0n) is 11.9. The van der Waals surface area contributed by atoms with Crippen LogP contribution < -0.4 is 0 Å². The maximum atomic E-state index is 12.7. The van der Waals surface area contributed by atoms with E-state index < -0.39 is 10.0 Å². The highest BCUT2D eigenvalue weighted by atomic mass is 35.5. The van der Waals surface area contributed by atoms with Crippen molar-refractivity contribution < 1.29 is 13.2 Å². The number of rotatable bonds is 4. The van der Waals surface area contributed by atoms with Gasteiger partial charge in [-0.3, -0.25) is 0 Å². The molecule has 0 spiro atoms. The molecule has 1 aliphatic heterocycles. The molecular weight excluding hydrogens is 310 g/mol. The Hall–Kier alpha value is -0.620. The van der Waals surface area contributed by atoms with Gasteiger partial charge in [0.25, 0.3) is 0 Å². The summed E-state index contributed by atoms with van der Waals surface area (Å²) in [7, 11) is -3.31. The first-order valence-electron chi connectivity index (χ1n) is 7.35. The molecule has 1 aromatic rings. The fourth-order valence-corrected chi connectivity index (χ4v) is 5.27. The van der Waals surface area contributed by atoms with Crippen molar-refractivity contribution in [2.75, 3.05) is 13.2 Å². The quantitative estimate of drug-likeness (QED) is 0.797. The van der Waals surface area contributed by atoms with Crippen LogP contribution in [0.4, 0.5) is 0 Å². The van der Waals surface area contributed by atoms with Crippen LogP contribution in [0.2, 0.25) is 0 Å². The Morgan fingerprint density at radius 2 is 2.10 bits per heavy atom. The van der Waals surface area contributed by atoms with Crippen LogP contribution in [0.3, 0.4) is 0 Å². The average Bonchev–Trinajstić information content (AvgIpc) is 2.95. The van der Waals surface area contributed by atoms with Gasteiger partial charge in [0.2, 0.25) is 10.0 Å². The fraction of sp³-hybridized carbons (Fsp3) is 0.600. The highest BCUT2D eigenvalue weighted by Crippen LogP contribution is 2.32. The van der Waals surface area contributed by atoms with Crippen molar-refractivity contribution >= 4 is 21.6 Å². The van der Waals surface area contributed by atoms with Gasteiger partial charge in [-0.15, -0.1) is 11.6 Å². The standard InChI is InChI=1S/C15H20ClNO3S/c16-10-12-3-1-4-13(9-12)11-21(18,19)17-7-8-20-15-6-2-5-14(15)17/h1,3-4,9,14-15H,2,5-8,10-11H2. The molecular formula is C15H20ClNO3S. The minimum absolute atomic E-state index is 0.0277. The van der Waals surface area contributed by atoms with E-state index in [2.05, 4.69) is 0 Å². The largest absolute Gasteiger partial charge is 0.375 e. The molecule has 2 unspecified atom stereocenters. The molecule has 0 radical (unpaired) electrons. The molecule has 2 atom stereocenters. The van der Waals surface area contributed by atoms with Gasteiger partial charge < -0.3 is 4.74 Å². The smallest absolute Gasteiger partial charge is 0.218 e. The SMILES string of the molecule is O=S(=O)(Cc1cccc(CCl)c1)N1CCOC2CCCC21. The molecule has 0 N–H and O–H groups in total. The van der Waals surface area contributed by atoms with Crippen molar-refractivity contribution in [3.05, 3.63) is 35.4 Å². The summed E-state index contributed by atoms with van der Waals surface area (Å²) >= 11 is 5.82. The Bertz CT molecular complexity index is 605. The lowest BCUT2D eigenvalue weighted by Crippen LogP contribution is -2.51. The van der Waals surface area contributed by atoms with E-state index in [0.717, 1.165) is 30.4 Å². The Morgan fingerprint density at radius 3 is 2.90 bits per heavy atom. The topological polar surface area (TPSA) is 46.6 Å².